The number of benzene rings is 2. The van der Waals surface area contributed by atoms with Gasteiger partial charge in [0.05, 0.1) is 17.9 Å². The van der Waals surface area contributed by atoms with Crippen LogP contribution in [-0.2, 0) is 13.0 Å². The maximum Gasteiger partial charge on any atom is 0.191 e. The Kier molecular flexibility index (Phi) is 8.60. The summed E-state index contributed by atoms with van der Waals surface area (Å²) in [5, 5.41) is 14.1. The first-order valence-electron chi connectivity index (χ1n) is 9.85. The number of rotatable bonds is 7. The Bertz CT molecular complexity index is 1070. The van der Waals surface area contributed by atoms with Gasteiger partial charge in [-0.1, -0.05) is 42.5 Å². The summed E-state index contributed by atoms with van der Waals surface area (Å²) in [5.74, 6) is 0.775. The second-order valence-electron chi connectivity index (χ2n) is 6.73. The van der Waals surface area contributed by atoms with Gasteiger partial charge < -0.3 is 10.6 Å². The van der Waals surface area contributed by atoms with Crippen LogP contribution in [0.4, 0.5) is 0 Å². The van der Waals surface area contributed by atoms with Crippen molar-refractivity contribution >= 4 is 41.3 Å². The van der Waals surface area contributed by atoms with Crippen LogP contribution in [0.1, 0.15) is 11.3 Å². The van der Waals surface area contributed by atoms with E-state index in [0.717, 1.165) is 40.9 Å². The molecule has 4 rings (SSSR count). The van der Waals surface area contributed by atoms with Crippen molar-refractivity contribution in [3.8, 4) is 16.3 Å². The van der Waals surface area contributed by atoms with Crippen molar-refractivity contribution in [1.29, 1.82) is 0 Å². The highest BCUT2D eigenvalue weighted by molar-refractivity contribution is 14.0. The van der Waals surface area contributed by atoms with E-state index in [1.165, 1.54) is 5.56 Å². The van der Waals surface area contributed by atoms with Crippen LogP contribution < -0.4 is 10.6 Å². The van der Waals surface area contributed by atoms with Crippen LogP contribution in [0.3, 0.4) is 0 Å². The molecule has 2 N–H and O–H groups in total. The largest absolute Gasteiger partial charge is 0.356 e. The Morgan fingerprint density at radius 2 is 1.84 bits per heavy atom. The lowest BCUT2D eigenvalue weighted by molar-refractivity contribution is 0.786. The van der Waals surface area contributed by atoms with Gasteiger partial charge in [0, 0.05) is 36.9 Å². The molecule has 0 atom stereocenters. The summed E-state index contributed by atoms with van der Waals surface area (Å²) < 4.78 is 1.86. The number of nitrogens with one attached hydrogen (secondary N) is 2. The van der Waals surface area contributed by atoms with Crippen molar-refractivity contribution in [3.05, 3.63) is 89.7 Å². The summed E-state index contributed by atoms with van der Waals surface area (Å²) >= 11 is 1.66. The van der Waals surface area contributed by atoms with Gasteiger partial charge in [-0.2, -0.15) is 5.10 Å². The Morgan fingerprint density at radius 1 is 1.03 bits per heavy atom. The Labute approximate surface area is 203 Å². The molecule has 2 heterocycles. The zero-order valence-electron chi connectivity index (χ0n) is 17.2. The highest BCUT2D eigenvalue weighted by atomic mass is 127. The number of aromatic nitrogens is 3. The molecule has 8 heteroatoms. The second kappa shape index (κ2) is 11.6. The number of aliphatic imine (C=N–C) groups is 1. The molecule has 6 nitrogen and oxygen atoms in total. The lowest BCUT2D eigenvalue weighted by Gasteiger charge is -2.11. The predicted molar refractivity (Wildman–Crippen MR) is 138 cm³/mol. The topological polar surface area (TPSA) is 67.1 Å². The zero-order chi connectivity index (χ0) is 20.6. The molecule has 0 saturated carbocycles. The molecule has 0 radical (unpaired) electrons. The van der Waals surface area contributed by atoms with Gasteiger partial charge >= 0.3 is 0 Å². The van der Waals surface area contributed by atoms with Gasteiger partial charge in [-0.05, 0) is 30.2 Å². The monoisotopic (exact) mass is 544 g/mol. The average Bonchev–Trinajstić information content (AvgIpc) is 3.50. The number of thiazole rings is 1. The number of guanidine groups is 1. The highest BCUT2D eigenvalue weighted by Gasteiger charge is 2.05. The van der Waals surface area contributed by atoms with Crippen LogP contribution in [0, 0.1) is 0 Å². The molecule has 31 heavy (non-hydrogen) atoms. The predicted octanol–water partition coefficient (Wildman–Crippen LogP) is 4.52. The molecule has 160 valence electrons. The van der Waals surface area contributed by atoms with Crippen molar-refractivity contribution in [2.75, 3.05) is 13.6 Å². The average molecular weight is 544 g/mol. The first kappa shape index (κ1) is 23.0. The van der Waals surface area contributed by atoms with Gasteiger partial charge in [0.1, 0.15) is 5.01 Å². The van der Waals surface area contributed by atoms with Gasteiger partial charge in [-0.3, -0.25) is 4.99 Å². The van der Waals surface area contributed by atoms with Gasteiger partial charge in [0.2, 0.25) is 0 Å². The standard InChI is InChI=1S/C23H24N6S.HI/c1-24-23(26-16-20-17-30-22(28-20)19-6-3-2-4-7-19)25-14-12-18-8-10-21(11-9-18)29-15-5-13-27-29;/h2-11,13,15,17H,12,14,16H2,1H3,(H2,24,25,26);1H. The van der Waals surface area contributed by atoms with Crippen molar-refractivity contribution in [3.63, 3.8) is 0 Å². The molecule has 4 aromatic rings. The van der Waals surface area contributed by atoms with E-state index in [-0.39, 0.29) is 24.0 Å². The SMILES string of the molecule is CN=C(NCCc1ccc(-n2cccn2)cc1)NCc1csc(-c2ccccc2)n1.I. The van der Waals surface area contributed by atoms with Gasteiger partial charge in [0.15, 0.2) is 5.96 Å². The first-order chi connectivity index (χ1) is 14.8. The van der Waals surface area contributed by atoms with E-state index in [4.69, 9.17) is 4.98 Å². The fourth-order valence-electron chi connectivity index (χ4n) is 3.06. The van der Waals surface area contributed by atoms with E-state index in [0.29, 0.717) is 6.54 Å². The molecule has 0 aliphatic carbocycles. The third-order valence-electron chi connectivity index (χ3n) is 4.64. The van der Waals surface area contributed by atoms with Crippen LogP contribution in [0.15, 0.2) is 83.4 Å². The number of hydrogen-bond donors (Lipinski definition) is 2. The minimum absolute atomic E-state index is 0. The maximum absolute atomic E-state index is 4.71. The minimum Gasteiger partial charge on any atom is -0.356 e. The molecule has 0 unspecified atom stereocenters. The van der Waals surface area contributed by atoms with Crippen LogP contribution in [0.5, 0.6) is 0 Å². The molecule has 2 aromatic carbocycles. The van der Waals surface area contributed by atoms with Crippen molar-refractivity contribution < 1.29 is 0 Å². The van der Waals surface area contributed by atoms with E-state index < -0.39 is 0 Å². The van der Waals surface area contributed by atoms with Crippen LogP contribution in [0.2, 0.25) is 0 Å². The molecular formula is C23H25IN6S. The van der Waals surface area contributed by atoms with Crippen molar-refractivity contribution in [2.24, 2.45) is 4.99 Å². The van der Waals surface area contributed by atoms with E-state index in [1.54, 1.807) is 24.6 Å². The van der Waals surface area contributed by atoms with E-state index in [9.17, 15) is 0 Å². The molecule has 0 fully saturated rings. The number of nitrogens with zero attached hydrogens (tertiary/aromatic N) is 4. The second-order valence-corrected chi connectivity index (χ2v) is 7.59. The summed E-state index contributed by atoms with van der Waals surface area (Å²) in [4.78, 5) is 9.02. The van der Waals surface area contributed by atoms with E-state index >= 15 is 0 Å². The fraction of sp³-hybridized carbons (Fsp3) is 0.174. The molecule has 0 aliphatic heterocycles. The van der Waals surface area contributed by atoms with E-state index in [1.807, 2.05) is 35.1 Å². The smallest absolute Gasteiger partial charge is 0.191 e. The van der Waals surface area contributed by atoms with Gasteiger partial charge in [0.25, 0.3) is 0 Å². The summed E-state index contributed by atoms with van der Waals surface area (Å²) in [6.07, 6.45) is 4.64. The Balaban J connectivity index is 0.00000272. The van der Waals surface area contributed by atoms with Crippen LogP contribution in [-0.4, -0.2) is 34.3 Å². The zero-order valence-corrected chi connectivity index (χ0v) is 20.4. The van der Waals surface area contributed by atoms with E-state index in [2.05, 4.69) is 62.5 Å². The normalized spacial score (nSPS) is 11.1. The molecular weight excluding hydrogens is 519 g/mol. The lowest BCUT2D eigenvalue weighted by Crippen LogP contribution is -2.37. The molecule has 0 amide bonds. The quantitative estimate of drug-likeness (QED) is 0.204. The number of halogens is 1. The summed E-state index contributed by atoms with van der Waals surface area (Å²) in [5.41, 5.74) is 4.49. The van der Waals surface area contributed by atoms with Crippen LogP contribution >= 0.6 is 35.3 Å². The summed E-state index contributed by atoms with van der Waals surface area (Å²) in [7, 11) is 1.78. The molecule has 2 aromatic heterocycles. The summed E-state index contributed by atoms with van der Waals surface area (Å²) in [6, 6.07) is 20.6. The van der Waals surface area contributed by atoms with Crippen LogP contribution in [0.25, 0.3) is 16.3 Å². The maximum atomic E-state index is 4.71. The molecule has 0 bridgehead atoms. The van der Waals surface area contributed by atoms with Gasteiger partial charge in [-0.25, -0.2) is 9.67 Å². The van der Waals surface area contributed by atoms with Crippen molar-refractivity contribution in [1.82, 2.24) is 25.4 Å². The first-order valence-corrected chi connectivity index (χ1v) is 10.7. The Morgan fingerprint density at radius 3 is 2.55 bits per heavy atom. The Hall–Kier alpha value is -2.72. The fourth-order valence-corrected chi connectivity index (χ4v) is 3.88. The minimum atomic E-state index is 0. The molecule has 0 aliphatic rings. The molecule has 0 spiro atoms. The molecule has 0 saturated heterocycles. The third-order valence-corrected chi connectivity index (χ3v) is 5.58. The lowest BCUT2D eigenvalue weighted by atomic mass is 10.1. The highest BCUT2D eigenvalue weighted by Crippen LogP contribution is 2.23. The summed E-state index contributed by atoms with van der Waals surface area (Å²) in [6.45, 7) is 1.44. The number of hydrogen-bond acceptors (Lipinski definition) is 4. The van der Waals surface area contributed by atoms with Crippen molar-refractivity contribution in [2.45, 2.75) is 13.0 Å². The third kappa shape index (κ3) is 6.38. The van der Waals surface area contributed by atoms with Gasteiger partial charge in [-0.15, -0.1) is 35.3 Å².